The number of amides is 1. The molecule has 1 aromatic rings. The van der Waals surface area contributed by atoms with Gasteiger partial charge in [-0.05, 0) is 47.9 Å². The van der Waals surface area contributed by atoms with Crippen molar-refractivity contribution >= 4 is 21.8 Å². The fraction of sp³-hybridized carbons (Fsp3) is 0.562. The fourth-order valence-electron chi connectivity index (χ4n) is 3.22. The molecule has 0 atom stereocenters. The third-order valence-corrected chi connectivity index (χ3v) is 5.30. The van der Waals surface area contributed by atoms with Crippen LogP contribution >= 0.6 is 15.9 Å². The Morgan fingerprint density at radius 3 is 2.55 bits per heavy atom. The van der Waals surface area contributed by atoms with Crippen molar-refractivity contribution in [3.63, 3.8) is 0 Å². The minimum Gasteiger partial charge on any atom is -0.493 e. The Morgan fingerprint density at radius 2 is 1.91 bits per heavy atom. The Labute approximate surface area is 139 Å². The van der Waals surface area contributed by atoms with Crippen LogP contribution in [0.4, 0.5) is 0 Å². The van der Waals surface area contributed by atoms with Crippen molar-refractivity contribution in [2.45, 2.75) is 19.4 Å². The first-order valence-corrected chi connectivity index (χ1v) is 8.40. The number of carbonyl (C=O) groups excluding carboxylic acids is 1. The summed E-state index contributed by atoms with van der Waals surface area (Å²) in [6, 6.07) is 1.79. The second-order valence-electron chi connectivity index (χ2n) is 5.73. The molecule has 2 aliphatic rings. The molecular weight excluding hydrogens is 348 g/mol. The van der Waals surface area contributed by atoms with Crippen molar-refractivity contribution in [3.8, 4) is 11.5 Å². The first kappa shape index (κ1) is 15.6. The summed E-state index contributed by atoms with van der Waals surface area (Å²) in [5.41, 5.74) is 1.70. The molecule has 1 fully saturated rings. The Bertz CT molecular complexity index is 585. The average molecular weight is 369 g/mol. The van der Waals surface area contributed by atoms with Crippen LogP contribution in [0.5, 0.6) is 11.5 Å². The summed E-state index contributed by atoms with van der Waals surface area (Å²) >= 11 is 3.56. The van der Waals surface area contributed by atoms with Gasteiger partial charge in [-0.2, -0.15) is 0 Å². The molecule has 0 bridgehead atoms. The van der Waals surface area contributed by atoms with E-state index in [1.165, 1.54) is 12.8 Å². The SMILES string of the molecule is COc1cc2c(c(Br)c1OC)CN(CCN1CCCC1)C2=O. The van der Waals surface area contributed by atoms with E-state index < -0.39 is 0 Å². The normalized spacial score (nSPS) is 18.0. The van der Waals surface area contributed by atoms with E-state index in [4.69, 9.17) is 9.47 Å². The molecule has 1 saturated heterocycles. The molecule has 0 saturated carbocycles. The lowest BCUT2D eigenvalue weighted by atomic mass is 10.1. The molecule has 0 unspecified atom stereocenters. The number of methoxy groups -OCH3 is 2. The van der Waals surface area contributed by atoms with Gasteiger partial charge in [0, 0.05) is 30.8 Å². The highest BCUT2D eigenvalue weighted by molar-refractivity contribution is 9.10. The third kappa shape index (κ3) is 2.70. The first-order valence-electron chi connectivity index (χ1n) is 7.60. The molecular formula is C16H21BrN2O3. The van der Waals surface area contributed by atoms with E-state index in [0.29, 0.717) is 23.6 Å². The van der Waals surface area contributed by atoms with Crippen LogP contribution in [-0.2, 0) is 6.54 Å². The highest BCUT2D eigenvalue weighted by atomic mass is 79.9. The molecule has 22 heavy (non-hydrogen) atoms. The minimum absolute atomic E-state index is 0.0795. The number of nitrogens with zero attached hydrogens (tertiary/aromatic N) is 2. The maximum atomic E-state index is 12.6. The summed E-state index contributed by atoms with van der Waals surface area (Å²) < 4.78 is 11.5. The molecule has 2 heterocycles. The molecule has 5 nitrogen and oxygen atoms in total. The van der Waals surface area contributed by atoms with E-state index in [2.05, 4.69) is 20.8 Å². The summed E-state index contributed by atoms with van der Waals surface area (Å²) in [4.78, 5) is 16.9. The fourth-order valence-corrected chi connectivity index (χ4v) is 3.91. The van der Waals surface area contributed by atoms with Crippen LogP contribution in [0.15, 0.2) is 10.5 Å². The zero-order valence-corrected chi connectivity index (χ0v) is 14.6. The number of ether oxygens (including phenoxy) is 2. The molecule has 120 valence electrons. The summed E-state index contributed by atoms with van der Waals surface area (Å²) in [5.74, 6) is 1.31. The average Bonchev–Trinajstić information content (AvgIpc) is 3.14. The lowest BCUT2D eigenvalue weighted by Crippen LogP contribution is -2.33. The number of likely N-dealkylation sites (tertiary alicyclic amines) is 1. The highest BCUT2D eigenvalue weighted by Gasteiger charge is 2.32. The second-order valence-corrected chi connectivity index (χ2v) is 6.52. The van der Waals surface area contributed by atoms with Gasteiger partial charge < -0.3 is 19.3 Å². The van der Waals surface area contributed by atoms with Crippen molar-refractivity contribution in [2.75, 3.05) is 40.4 Å². The van der Waals surface area contributed by atoms with Crippen molar-refractivity contribution in [1.29, 1.82) is 0 Å². The number of fused-ring (bicyclic) bond motifs is 1. The van der Waals surface area contributed by atoms with E-state index in [1.807, 2.05) is 4.90 Å². The van der Waals surface area contributed by atoms with Crippen molar-refractivity contribution in [1.82, 2.24) is 9.80 Å². The Balaban J connectivity index is 1.79. The standard InChI is InChI=1S/C16H21BrN2O3/c1-21-13-9-11-12(14(17)15(13)22-2)10-19(16(11)20)8-7-18-5-3-4-6-18/h9H,3-8,10H2,1-2H3. The Morgan fingerprint density at radius 1 is 1.18 bits per heavy atom. The van der Waals surface area contributed by atoms with Crippen molar-refractivity contribution < 1.29 is 14.3 Å². The number of hydrogen-bond donors (Lipinski definition) is 0. The van der Waals surface area contributed by atoms with E-state index in [1.54, 1.807) is 20.3 Å². The zero-order valence-electron chi connectivity index (χ0n) is 13.0. The van der Waals surface area contributed by atoms with Crippen LogP contribution in [0.2, 0.25) is 0 Å². The van der Waals surface area contributed by atoms with E-state index in [-0.39, 0.29) is 5.91 Å². The predicted molar refractivity (Wildman–Crippen MR) is 87.7 cm³/mol. The maximum absolute atomic E-state index is 12.6. The molecule has 0 aromatic heterocycles. The van der Waals surface area contributed by atoms with Crippen LogP contribution in [0, 0.1) is 0 Å². The molecule has 1 amide bonds. The van der Waals surface area contributed by atoms with E-state index >= 15 is 0 Å². The van der Waals surface area contributed by atoms with Gasteiger partial charge in [0.25, 0.3) is 5.91 Å². The number of benzene rings is 1. The van der Waals surface area contributed by atoms with Gasteiger partial charge in [-0.3, -0.25) is 4.79 Å². The van der Waals surface area contributed by atoms with Gasteiger partial charge >= 0.3 is 0 Å². The number of hydrogen-bond acceptors (Lipinski definition) is 4. The lowest BCUT2D eigenvalue weighted by molar-refractivity contribution is 0.0763. The summed E-state index contributed by atoms with van der Waals surface area (Å²) in [7, 11) is 3.19. The number of carbonyl (C=O) groups is 1. The third-order valence-electron chi connectivity index (χ3n) is 4.46. The van der Waals surface area contributed by atoms with Gasteiger partial charge in [-0.15, -0.1) is 0 Å². The lowest BCUT2D eigenvalue weighted by Gasteiger charge is -2.20. The Hall–Kier alpha value is -1.27. The van der Waals surface area contributed by atoms with Gasteiger partial charge in [-0.25, -0.2) is 0 Å². The molecule has 1 aromatic carbocycles. The summed E-state index contributed by atoms with van der Waals surface area (Å²) in [6.45, 7) is 4.65. The van der Waals surface area contributed by atoms with Crippen LogP contribution in [-0.4, -0.2) is 56.1 Å². The van der Waals surface area contributed by atoms with Crippen molar-refractivity contribution in [3.05, 3.63) is 21.7 Å². The van der Waals surface area contributed by atoms with Gasteiger partial charge in [0.2, 0.25) is 0 Å². The van der Waals surface area contributed by atoms with Crippen LogP contribution < -0.4 is 9.47 Å². The highest BCUT2D eigenvalue weighted by Crippen LogP contribution is 2.42. The molecule has 2 aliphatic heterocycles. The van der Waals surface area contributed by atoms with Crippen LogP contribution in [0.25, 0.3) is 0 Å². The predicted octanol–water partition coefficient (Wildman–Crippen LogP) is 2.52. The minimum atomic E-state index is 0.0795. The van der Waals surface area contributed by atoms with Crippen LogP contribution in [0.1, 0.15) is 28.8 Å². The number of halogens is 1. The van der Waals surface area contributed by atoms with Gasteiger partial charge in [-0.1, -0.05) is 0 Å². The number of rotatable bonds is 5. The summed E-state index contributed by atoms with van der Waals surface area (Å²) in [6.07, 6.45) is 2.54. The van der Waals surface area contributed by atoms with Gasteiger partial charge in [0.1, 0.15) is 0 Å². The maximum Gasteiger partial charge on any atom is 0.254 e. The second kappa shape index (κ2) is 6.46. The molecule has 3 rings (SSSR count). The van der Waals surface area contributed by atoms with Gasteiger partial charge in [0.05, 0.1) is 18.7 Å². The van der Waals surface area contributed by atoms with E-state index in [0.717, 1.165) is 36.2 Å². The smallest absolute Gasteiger partial charge is 0.254 e. The molecule has 0 aliphatic carbocycles. The zero-order chi connectivity index (χ0) is 15.7. The van der Waals surface area contributed by atoms with Gasteiger partial charge in [0.15, 0.2) is 11.5 Å². The Kier molecular flexibility index (Phi) is 4.59. The van der Waals surface area contributed by atoms with Crippen molar-refractivity contribution in [2.24, 2.45) is 0 Å². The molecule has 0 spiro atoms. The monoisotopic (exact) mass is 368 g/mol. The topological polar surface area (TPSA) is 42.0 Å². The van der Waals surface area contributed by atoms with E-state index in [9.17, 15) is 4.79 Å². The first-order chi connectivity index (χ1) is 10.7. The molecule has 0 N–H and O–H groups in total. The molecule has 6 heteroatoms. The molecule has 0 radical (unpaired) electrons. The quantitative estimate of drug-likeness (QED) is 0.800. The largest absolute Gasteiger partial charge is 0.493 e. The van der Waals surface area contributed by atoms with Crippen LogP contribution in [0.3, 0.4) is 0 Å². The summed E-state index contributed by atoms with van der Waals surface area (Å²) in [5, 5.41) is 0.